The third-order valence-corrected chi connectivity index (χ3v) is 4.36. The fraction of sp³-hybridized carbons (Fsp3) is 0.278. The van der Waals surface area contributed by atoms with Crippen molar-refractivity contribution in [3.05, 3.63) is 64.9 Å². The Morgan fingerprint density at radius 3 is 2.75 bits per heavy atom. The number of likely N-dealkylation sites (tertiary alicyclic amines) is 1. The summed E-state index contributed by atoms with van der Waals surface area (Å²) in [5.41, 5.74) is 1.48. The number of carbonyl (C=O) groups is 2. The van der Waals surface area contributed by atoms with Crippen molar-refractivity contribution in [3.8, 4) is 0 Å². The van der Waals surface area contributed by atoms with Crippen LogP contribution in [0.3, 0.4) is 0 Å². The molecule has 1 atom stereocenters. The van der Waals surface area contributed by atoms with E-state index in [2.05, 4.69) is 10.3 Å². The molecule has 1 aromatic carbocycles. The van der Waals surface area contributed by atoms with E-state index in [9.17, 15) is 9.59 Å². The number of hydrogen-bond acceptors (Lipinski definition) is 3. The summed E-state index contributed by atoms with van der Waals surface area (Å²) < 4.78 is 0. The summed E-state index contributed by atoms with van der Waals surface area (Å²) in [6.45, 7) is 1.01. The number of halogens is 1. The van der Waals surface area contributed by atoms with E-state index in [-0.39, 0.29) is 11.8 Å². The Morgan fingerprint density at radius 1 is 1.25 bits per heavy atom. The molecule has 5 nitrogen and oxygen atoms in total. The van der Waals surface area contributed by atoms with Crippen molar-refractivity contribution in [1.82, 2.24) is 15.2 Å². The van der Waals surface area contributed by atoms with E-state index < -0.39 is 6.04 Å². The summed E-state index contributed by atoms with van der Waals surface area (Å²) in [7, 11) is 0. The second-order valence-electron chi connectivity index (χ2n) is 5.74. The Bertz CT molecular complexity index is 719. The number of nitrogens with one attached hydrogen (secondary N) is 1. The zero-order chi connectivity index (χ0) is 16.9. The molecular weight excluding hydrogens is 326 g/mol. The van der Waals surface area contributed by atoms with Gasteiger partial charge in [-0.2, -0.15) is 0 Å². The van der Waals surface area contributed by atoms with Crippen molar-refractivity contribution in [2.75, 3.05) is 6.54 Å². The van der Waals surface area contributed by atoms with Gasteiger partial charge < -0.3 is 10.2 Å². The highest BCUT2D eigenvalue weighted by Crippen LogP contribution is 2.20. The Labute approximate surface area is 145 Å². The van der Waals surface area contributed by atoms with Crippen molar-refractivity contribution in [3.63, 3.8) is 0 Å². The first-order valence-corrected chi connectivity index (χ1v) is 8.26. The lowest BCUT2D eigenvalue weighted by molar-refractivity contribution is -0.125. The molecule has 0 bridgehead atoms. The van der Waals surface area contributed by atoms with Gasteiger partial charge in [0.1, 0.15) is 6.04 Å². The van der Waals surface area contributed by atoms with Crippen molar-refractivity contribution >= 4 is 23.4 Å². The lowest BCUT2D eigenvalue weighted by Gasteiger charge is -2.24. The second kappa shape index (κ2) is 7.45. The van der Waals surface area contributed by atoms with Gasteiger partial charge in [0.05, 0.1) is 5.56 Å². The zero-order valence-electron chi connectivity index (χ0n) is 13.1. The van der Waals surface area contributed by atoms with Crippen LogP contribution < -0.4 is 5.32 Å². The molecule has 3 rings (SSSR count). The van der Waals surface area contributed by atoms with E-state index >= 15 is 0 Å². The van der Waals surface area contributed by atoms with Gasteiger partial charge in [-0.1, -0.05) is 23.7 Å². The lowest BCUT2D eigenvalue weighted by atomic mass is 10.1. The van der Waals surface area contributed by atoms with E-state index in [0.29, 0.717) is 30.1 Å². The van der Waals surface area contributed by atoms with Gasteiger partial charge in [0.25, 0.3) is 5.91 Å². The predicted octanol–water partition coefficient (Wildman–Crippen LogP) is 2.66. The molecule has 1 fully saturated rings. The number of hydrogen-bond donors (Lipinski definition) is 1. The Morgan fingerprint density at radius 2 is 2.04 bits per heavy atom. The first-order chi connectivity index (χ1) is 11.6. The topological polar surface area (TPSA) is 62.3 Å². The molecule has 0 radical (unpaired) electrons. The third-order valence-electron chi connectivity index (χ3n) is 4.10. The first kappa shape index (κ1) is 16.5. The molecule has 2 amide bonds. The monoisotopic (exact) mass is 343 g/mol. The fourth-order valence-electron chi connectivity index (χ4n) is 2.85. The van der Waals surface area contributed by atoms with E-state index in [0.717, 1.165) is 12.0 Å². The Kier molecular flexibility index (Phi) is 5.11. The van der Waals surface area contributed by atoms with Gasteiger partial charge in [-0.3, -0.25) is 14.6 Å². The minimum atomic E-state index is -0.426. The average Bonchev–Trinajstić information content (AvgIpc) is 3.11. The van der Waals surface area contributed by atoms with E-state index in [1.54, 1.807) is 35.4 Å². The molecule has 6 heteroatoms. The zero-order valence-corrected chi connectivity index (χ0v) is 13.9. The van der Waals surface area contributed by atoms with Gasteiger partial charge in [-0.25, -0.2) is 0 Å². The van der Waals surface area contributed by atoms with Gasteiger partial charge in [-0.15, -0.1) is 0 Å². The Balaban J connectivity index is 1.63. The number of rotatable bonds is 4. The summed E-state index contributed by atoms with van der Waals surface area (Å²) in [6.07, 6.45) is 4.66. The standard InChI is InChI=1S/C18H18ClN3O2/c19-15-7-5-13(6-8-15)11-21-17(23)16-4-2-10-22(16)18(24)14-3-1-9-20-12-14/h1,3,5-9,12,16H,2,4,10-11H2,(H,21,23)/t16-/m0/s1. The van der Waals surface area contributed by atoms with E-state index in [1.165, 1.54) is 6.20 Å². The number of amides is 2. The van der Waals surface area contributed by atoms with Crippen LogP contribution in [0.4, 0.5) is 0 Å². The largest absolute Gasteiger partial charge is 0.350 e. The molecule has 1 saturated heterocycles. The quantitative estimate of drug-likeness (QED) is 0.928. The molecular formula is C18H18ClN3O2. The van der Waals surface area contributed by atoms with Crippen LogP contribution in [0.2, 0.25) is 5.02 Å². The number of nitrogens with zero attached hydrogens (tertiary/aromatic N) is 2. The van der Waals surface area contributed by atoms with Crippen LogP contribution in [0.25, 0.3) is 0 Å². The number of carbonyl (C=O) groups excluding carboxylic acids is 2. The highest BCUT2D eigenvalue weighted by Gasteiger charge is 2.34. The molecule has 2 aromatic rings. The van der Waals surface area contributed by atoms with Gasteiger partial charge in [-0.05, 0) is 42.7 Å². The molecule has 1 aliphatic heterocycles. The lowest BCUT2D eigenvalue weighted by Crippen LogP contribution is -2.45. The summed E-state index contributed by atoms with van der Waals surface area (Å²) in [6, 6.07) is 10.3. The average molecular weight is 344 g/mol. The van der Waals surface area contributed by atoms with E-state index in [1.807, 2.05) is 12.1 Å². The van der Waals surface area contributed by atoms with Crippen molar-refractivity contribution in [2.45, 2.75) is 25.4 Å². The van der Waals surface area contributed by atoms with Crippen molar-refractivity contribution < 1.29 is 9.59 Å². The molecule has 0 saturated carbocycles. The smallest absolute Gasteiger partial charge is 0.256 e. The van der Waals surface area contributed by atoms with Crippen LogP contribution in [0, 0.1) is 0 Å². The van der Waals surface area contributed by atoms with E-state index in [4.69, 9.17) is 11.6 Å². The summed E-state index contributed by atoms with van der Waals surface area (Å²) in [5.74, 6) is -0.271. The third kappa shape index (κ3) is 3.74. The van der Waals surface area contributed by atoms with Crippen molar-refractivity contribution in [1.29, 1.82) is 0 Å². The molecule has 1 N–H and O–H groups in total. The second-order valence-corrected chi connectivity index (χ2v) is 6.18. The van der Waals surface area contributed by atoms with Crippen LogP contribution in [-0.4, -0.2) is 34.3 Å². The van der Waals surface area contributed by atoms with Crippen molar-refractivity contribution in [2.24, 2.45) is 0 Å². The molecule has 0 aliphatic carbocycles. The predicted molar refractivity (Wildman–Crippen MR) is 91.6 cm³/mol. The highest BCUT2D eigenvalue weighted by atomic mass is 35.5. The molecule has 1 aliphatic rings. The molecule has 0 spiro atoms. The molecule has 1 aromatic heterocycles. The molecule has 0 unspecified atom stereocenters. The molecule has 2 heterocycles. The molecule has 24 heavy (non-hydrogen) atoms. The SMILES string of the molecule is O=C(NCc1ccc(Cl)cc1)[C@@H]1CCCN1C(=O)c1cccnc1. The first-order valence-electron chi connectivity index (χ1n) is 7.88. The van der Waals surface area contributed by atoms with Crippen LogP contribution in [-0.2, 0) is 11.3 Å². The highest BCUT2D eigenvalue weighted by molar-refractivity contribution is 6.30. The van der Waals surface area contributed by atoms with Crippen LogP contribution in [0.5, 0.6) is 0 Å². The fourth-order valence-corrected chi connectivity index (χ4v) is 2.97. The van der Waals surface area contributed by atoms with Crippen LogP contribution >= 0.6 is 11.6 Å². The maximum atomic E-state index is 12.6. The van der Waals surface area contributed by atoms with Crippen LogP contribution in [0.1, 0.15) is 28.8 Å². The summed E-state index contributed by atoms with van der Waals surface area (Å²) in [5, 5.41) is 3.57. The molecule has 124 valence electrons. The maximum Gasteiger partial charge on any atom is 0.256 e. The minimum Gasteiger partial charge on any atom is -0.350 e. The normalized spacial score (nSPS) is 16.9. The number of aromatic nitrogens is 1. The maximum absolute atomic E-state index is 12.6. The van der Waals surface area contributed by atoms with Gasteiger partial charge in [0.2, 0.25) is 5.91 Å². The van der Waals surface area contributed by atoms with Gasteiger partial charge >= 0.3 is 0 Å². The summed E-state index contributed by atoms with van der Waals surface area (Å²) >= 11 is 5.85. The minimum absolute atomic E-state index is 0.125. The van der Waals surface area contributed by atoms with Gasteiger partial charge in [0, 0.05) is 30.5 Å². The van der Waals surface area contributed by atoms with Crippen LogP contribution in [0.15, 0.2) is 48.8 Å². The number of benzene rings is 1. The Hall–Kier alpha value is -2.40. The number of pyridine rings is 1. The summed E-state index contributed by atoms with van der Waals surface area (Å²) in [4.78, 5) is 30.7. The van der Waals surface area contributed by atoms with Gasteiger partial charge in [0.15, 0.2) is 0 Å².